The minimum absolute atomic E-state index is 0.821. The predicted molar refractivity (Wildman–Crippen MR) is 105 cm³/mol. The maximum atomic E-state index is 6.75. The van der Waals surface area contributed by atoms with E-state index in [-0.39, 0.29) is 0 Å². The molecule has 0 fully saturated rings. The molecule has 0 aromatic heterocycles. The summed E-state index contributed by atoms with van der Waals surface area (Å²) < 4.78 is 0. The van der Waals surface area contributed by atoms with E-state index in [0.717, 1.165) is 21.5 Å². The predicted octanol–water partition coefficient (Wildman–Crippen LogP) is 7.14. The summed E-state index contributed by atoms with van der Waals surface area (Å²) in [6, 6.07) is 29.4. The van der Waals surface area contributed by atoms with E-state index in [4.69, 9.17) is 11.6 Å². The molecule has 0 spiro atoms. The van der Waals surface area contributed by atoms with Gasteiger partial charge >= 0.3 is 0 Å². The number of hydrogen-bond acceptors (Lipinski definition) is 0. The second kappa shape index (κ2) is 6.14. The van der Waals surface area contributed by atoms with Crippen LogP contribution in [-0.4, -0.2) is 0 Å². The van der Waals surface area contributed by atoms with Gasteiger partial charge in [0.25, 0.3) is 0 Å². The average molecular weight is 329 g/mol. The topological polar surface area (TPSA) is 0 Å². The van der Waals surface area contributed by atoms with Crippen molar-refractivity contribution in [2.24, 2.45) is 0 Å². The molecule has 1 heteroatoms. The Morgan fingerprint density at radius 2 is 1.04 bits per heavy atom. The summed E-state index contributed by atoms with van der Waals surface area (Å²) in [4.78, 5) is 0. The van der Waals surface area contributed by atoms with Gasteiger partial charge in [-0.25, -0.2) is 0 Å². The van der Waals surface area contributed by atoms with Crippen molar-refractivity contribution in [3.8, 4) is 22.3 Å². The van der Waals surface area contributed by atoms with Crippen LogP contribution in [0.25, 0.3) is 33.0 Å². The number of benzene rings is 4. The third-order valence-corrected chi connectivity index (χ3v) is 4.98. The van der Waals surface area contributed by atoms with Crippen LogP contribution in [-0.2, 0) is 0 Å². The largest absolute Gasteiger partial charge is 0.0830 e. The van der Waals surface area contributed by atoms with Gasteiger partial charge in [0.2, 0.25) is 0 Å². The summed E-state index contributed by atoms with van der Waals surface area (Å²) >= 11 is 6.75. The highest BCUT2D eigenvalue weighted by molar-refractivity contribution is 6.38. The minimum atomic E-state index is 0.821. The van der Waals surface area contributed by atoms with E-state index >= 15 is 0 Å². The zero-order valence-corrected chi connectivity index (χ0v) is 14.2. The molecule has 0 aliphatic heterocycles. The fourth-order valence-corrected chi connectivity index (χ4v) is 3.63. The van der Waals surface area contributed by atoms with Crippen LogP contribution in [0.1, 0.15) is 5.56 Å². The molecule has 0 nitrogen and oxygen atoms in total. The lowest BCUT2D eigenvalue weighted by atomic mass is 9.93. The molecule has 0 aliphatic rings. The number of aryl methyl sites for hydroxylation is 1. The van der Waals surface area contributed by atoms with Crippen molar-refractivity contribution in [2.75, 3.05) is 0 Å². The van der Waals surface area contributed by atoms with Gasteiger partial charge in [-0.15, -0.1) is 0 Å². The van der Waals surface area contributed by atoms with E-state index < -0.39 is 0 Å². The Hall–Kier alpha value is -2.57. The molecule has 116 valence electrons. The number of halogens is 1. The number of fused-ring (bicyclic) bond motifs is 1. The van der Waals surface area contributed by atoms with E-state index in [0.29, 0.717) is 0 Å². The molecule has 0 atom stereocenters. The Balaban J connectivity index is 1.93. The van der Waals surface area contributed by atoms with Crippen molar-refractivity contribution < 1.29 is 0 Å². The third kappa shape index (κ3) is 2.50. The van der Waals surface area contributed by atoms with Gasteiger partial charge in [0.05, 0.1) is 5.02 Å². The quantitative estimate of drug-likeness (QED) is 0.367. The van der Waals surface area contributed by atoms with Crippen LogP contribution < -0.4 is 0 Å². The van der Waals surface area contributed by atoms with Crippen molar-refractivity contribution in [1.29, 1.82) is 0 Å². The first-order chi connectivity index (χ1) is 11.8. The number of rotatable bonds is 2. The maximum Gasteiger partial charge on any atom is 0.0562 e. The van der Waals surface area contributed by atoms with E-state index in [1.54, 1.807) is 0 Å². The normalized spacial score (nSPS) is 10.9. The van der Waals surface area contributed by atoms with Crippen LogP contribution in [0.5, 0.6) is 0 Å². The van der Waals surface area contributed by atoms with Gasteiger partial charge in [-0.1, -0.05) is 96.5 Å². The maximum absolute atomic E-state index is 6.75. The van der Waals surface area contributed by atoms with Crippen LogP contribution in [0.2, 0.25) is 5.02 Å². The molecular formula is C23H17Cl. The Morgan fingerprint density at radius 1 is 0.542 bits per heavy atom. The molecule has 0 radical (unpaired) electrons. The van der Waals surface area contributed by atoms with Gasteiger partial charge in [0, 0.05) is 10.9 Å². The molecule has 0 heterocycles. The van der Waals surface area contributed by atoms with Crippen molar-refractivity contribution in [1.82, 2.24) is 0 Å². The highest BCUT2D eigenvalue weighted by Crippen LogP contribution is 2.38. The average Bonchev–Trinajstić information content (AvgIpc) is 2.64. The lowest BCUT2D eigenvalue weighted by Gasteiger charge is -2.13. The van der Waals surface area contributed by atoms with Gasteiger partial charge in [0.1, 0.15) is 0 Å². The Bertz CT molecular complexity index is 918. The van der Waals surface area contributed by atoms with Crippen LogP contribution in [0.15, 0.2) is 84.9 Å². The SMILES string of the molecule is Cc1c(-c2ccccc2)ccc2c(Cl)c(-c3ccccc3)ccc12. The molecule has 0 aliphatic carbocycles. The lowest BCUT2D eigenvalue weighted by Crippen LogP contribution is -1.88. The smallest absolute Gasteiger partial charge is 0.0562 e. The first kappa shape index (κ1) is 15.0. The summed E-state index contributed by atoms with van der Waals surface area (Å²) in [5.74, 6) is 0. The van der Waals surface area contributed by atoms with Gasteiger partial charge in [-0.3, -0.25) is 0 Å². The summed E-state index contributed by atoms with van der Waals surface area (Å²) in [5.41, 5.74) is 5.98. The van der Waals surface area contributed by atoms with Crippen molar-refractivity contribution in [3.05, 3.63) is 95.5 Å². The van der Waals surface area contributed by atoms with Crippen LogP contribution in [0.3, 0.4) is 0 Å². The monoisotopic (exact) mass is 328 g/mol. The summed E-state index contributed by atoms with van der Waals surface area (Å²) in [7, 11) is 0. The third-order valence-electron chi connectivity index (χ3n) is 4.57. The van der Waals surface area contributed by atoms with Crippen LogP contribution in [0, 0.1) is 6.92 Å². The van der Waals surface area contributed by atoms with E-state index in [2.05, 4.69) is 67.6 Å². The number of hydrogen-bond donors (Lipinski definition) is 0. The lowest BCUT2D eigenvalue weighted by molar-refractivity contribution is 1.50. The van der Waals surface area contributed by atoms with Crippen molar-refractivity contribution in [2.45, 2.75) is 6.92 Å². The first-order valence-corrected chi connectivity index (χ1v) is 8.46. The van der Waals surface area contributed by atoms with Crippen LogP contribution in [0.4, 0.5) is 0 Å². The molecule has 0 saturated carbocycles. The van der Waals surface area contributed by atoms with E-state index in [1.165, 1.54) is 22.1 Å². The van der Waals surface area contributed by atoms with Gasteiger partial charge in [0.15, 0.2) is 0 Å². The van der Waals surface area contributed by atoms with E-state index in [1.807, 2.05) is 24.3 Å². The molecule has 0 amide bonds. The standard InChI is InChI=1S/C23H17Cl/c1-16-19(17-8-4-2-5-9-17)12-15-22-20(16)13-14-21(23(22)24)18-10-6-3-7-11-18/h2-15H,1H3. The highest BCUT2D eigenvalue weighted by atomic mass is 35.5. The van der Waals surface area contributed by atoms with Gasteiger partial charge < -0.3 is 0 Å². The Morgan fingerprint density at radius 3 is 1.67 bits per heavy atom. The fraction of sp³-hybridized carbons (Fsp3) is 0.0435. The molecule has 0 unspecified atom stereocenters. The van der Waals surface area contributed by atoms with Crippen molar-refractivity contribution in [3.63, 3.8) is 0 Å². The van der Waals surface area contributed by atoms with Gasteiger partial charge in [-0.05, 0) is 34.6 Å². The molecule has 4 aromatic carbocycles. The zero-order valence-electron chi connectivity index (χ0n) is 13.5. The summed E-state index contributed by atoms with van der Waals surface area (Å²) in [5, 5.41) is 3.14. The second-order valence-electron chi connectivity index (χ2n) is 5.99. The fourth-order valence-electron chi connectivity index (χ4n) is 3.29. The Labute approximate surface area is 147 Å². The zero-order chi connectivity index (χ0) is 16.5. The van der Waals surface area contributed by atoms with Crippen molar-refractivity contribution >= 4 is 22.4 Å². The Kier molecular flexibility index (Phi) is 3.84. The molecule has 0 N–H and O–H groups in total. The van der Waals surface area contributed by atoms with Gasteiger partial charge in [-0.2, -0.15) is 0 Å². The minimum Gasteiger partial charge on any atom is -0.0830 e. The summed E-state index contributed by atoms with van der Waals surface area (Å²) in [6.45, 7) is 2.17. The first-order valence-electron chi connectivity index (χ1n) is 8.08. The molecule has 4 aromatic rings. The van der Waals surface area contributed by atoms with Crippen LogP contribution >= 0.6 is 11.6 Å². The molecule has 24 heavy (non-hydrogen) atoms. The van der Waals surface area contributed by atoms with E-state index in [9.17, 15) is 0 Å². The molecular weight excluding hydrogens is 312 g/mol. The molecule has 4 rings (SSSR count). The second-order valence-corrected chi connectivity index (χ2v) is 6.37. The molecule has 0 bridgehead atoms. The highest BCUT2D eigenvalue weighted by Gasteiger charge is 2.11. The molecule has 0 saturated heterocycles. The summed E-state index contributed by atoms with van der Waals surface area (Å²) in [6.07, 6.45) is 0.